The molecular weight excluding hydrogens is 238 g/mol. The van der Waals surface area contributed by atoms with Crippen molar-refractivity contribution in [3.05, 3.63) is 59.7 Å². The number of nitrogen functional groups attached to an aromatic ring is 1. The second kappa shape index (κ2) is 4.83. The molecule has 0 radical (unpaired) electrons. The molecule has 0 atom stereocenters. The van der Waals surface area contributed by atoms with E-state index in [1.807, 2.05) is 0 Å². The van der Waals surface area contributed by atoms with Gasteiger partial charge in [-0.1, -0.05) is 6.07 Å². The van der Waals surface area contributed by atoms with Crippen LogP contribution in [0.5, 0.6) is 11.5 Å². The van der Waals surface area contributed by atoms with Crippen LogP contribution in [0.25, 0.3) is 0 Å². The van der Waals surface area contributed by atoms with Crippen molar-refractivity contribution in [2.24, 2.45) is 5.73 Å². The van der Waals surface area contributed by atoms with Crippen molar-refractivity contribution >= 4 is 5.84 Å². The third-order valence-corrected chi connectivity index (χ3v) is 2.31. The lowest BCUT2D eigenvalue weighted by atomic mass is 10.2. The summed E-state index contributed by atoms with van der Waals surface area (Å²) in [5, 5.41) is 7.22. The zero-order valence-corrected chi connectivity index (χ0v) is 9.28. The van der Waals surface area contributed by atoms with Gasteiger partial charge in [0.15, 0.2) is 11.6 Å². The van der Waals surface area contributed by atoms with Crippen LogP contribution in [0.15, 0.2) is 42.5 Å². The Morgan fingerprint density at radius 1 is 1.06 bits per heavy atom. The topological polar surface area (TPSA) is 59.1 Å². The molecule has 0 saturated carbocycles. The molecule has 0 fully saturated rings. The Hall–Kier alpha value is -2.43. The monoisotopic (exact) mass is 248 g/mol. The number of ether oxygens (including phenoxy) is 1. The highest BCUT2D eigenvalue weighted by atomic mass is 19.2. The molecule has 0 aliphatic carbocycles. The van der Waals surface area contributed by atoms with Crippen molar-refractivity contribution in [2.45, 2.75) is 0 Å². The van der Waals surface area contributed by atoms with Crippen molar-refractivity contribution in [1.82, 2.24) is 0 Å². The van der Waals surface area contributed by atoms with E-state index >= 15 is 0 Å². The van der Waals surface area contributed by atoms with Crippen LogP contribution in [0, 0.1) is 17.0 Å². The third-order valence-electron chi connectivity index (χ3n) is 2.31. The molecule has 2 rings (SSSR count). The van der Waals surface area contributed by atoms with Crippen LogP contribution in [-0.2, 0) is 0 Å². The van der Waals surface area contributed by atoms with E-state index in [9.17, 15) is 8.78 Å². The molecule has 5 heteroatoms. The summed E-state index contributed by atoms with van der Waals surface area (Å²) in [5.74, 6) is -1.92. The summed E-state index contributed by atoms with van der Waals surface area (Å²) < 4.78 is 31.5. The molecule has 0 heterocycles. The lowest BCUT2D eigenvalue weighted by Crippen LogP contribution is -2.10. The maximum atomic E-state index is 13.3. The average molecular weight is 248 g/mol. The Balaban J connectivity index is 2.24. The number of nitrogens with two attached hydrogens (primary N) is 1. The highest BCUT2D eigenvalue weighted by molar-refractivity contribution is 5.94. The lowest BCUT2D eigenvalue weighted by Gasteiger charge is -2.07. The molecule has 0 aliphatic rings. The number of nitrogens with one attached hydrogen (secondary N) is 1. The third kappa shape index (κ3) is 2.45. The van der Waals surface area contributed by atoms with E-state index in [1.54, 1.807) is 12.1 Å². The summed E-state index contributed by atoms with van der Waals surface area (Å²) in [4.78, 5) is 0. The quantitative estimate of drug-likeness (QED) is 0.647. The number of benzene rings is 2. The molecule has 0 amide bonds. The first-order valence-electron chi connectivity index (χ1n) is 5.14. The zero-order chi connectivity index (χ0) is 13.1. The van der Waals surface area contributed by atoms with Gasteiger partial charge in [0.2, 0.25) is 5.82 Å². The van der Waals surface area contributed by atoms with E-state index in [0.717, 1.165) is 6.07 Å². The van der Waals surface area contributed by atoms with E-state index in [1.165, 1.54) is 24.3 Å². The van der Waals surface area contributed by atoms with Crippen LogP contribution in [0.2, 0.25) is 0 Å². The normalized spacial score (nSPS) is 10.1. The van der Waals surface area contributed by atoms with E-state index in [4.69, 9.17) is 15.9 Å². The Kier molecular flexibility index (Phi) is 3.23. The molecule has 0 spiro atoms. The minimum atomic E-state index is -1.03. The molecular formula is C13H10F2N2O. The van der Waals surface area contributed by atoms with Gasteiger partial charge in [-0.2, -0.15) is 4.39 Å². The van der Waals surface area contributed by atoms with Gasteiger partial charge in [0.05, 0.1) is 0 Å². The van der Waals surface area contributed by atoms with Crippen molar-refractivity contribution in [2.75, 3.05) is 0 Å². The zero-order valence-electron chi connectivity index (χ0n) is 9.28. The summed E-state index contributed by atoms with van der Waals surface area (Å²) in [5.41, 5.74) is 5.82. The first-order chi connectivity index (χ1) is 8.58. The van der Waals surface area contributed by atoms with E-state index in [0.29, 0.717) is 11.3 Å². The standard InChI is InChI=1S/C13H10F2N2O/c14-10-2-1-3-11(12(10)15)18-9-6-4-8(5-7-9)13(16)17/h1-7H,(H3,16,17). The second-order valence-corrected chi connectivity index (χ2v) is 3.59. The summed E-state index contributed by atoms with van der Waals surface area (Å²) in [6.07, 6.45) is 0. The first-order valence-corrected chi connectivity index (χ1v) is 5.14. The van der Waals surface area contributed by atoms with Crippen LogP contribution in [0.1, 0.15) is 5.56 Å². The summed E-state index contributed by atoms with van der Waals surface area (Å²) in [6, 6.07) is 9.89. The van der Waals surface area contributed by atoms with Gasteiger partial charge in [0, 0.05) is 5.56 Å². The largest absolute Gasteiger partial charge is 0.454 e. The Morgan fingerprint density at radius 3 is 2.33 bits per heavy atom. The fourth-order valence-corrected chi connectivity index (χ4v) is 1.39. The number of halogens is 2. The lowest BCUT2D eigenvalue weighted by molar-refractivity contribution is 0.416. The molecule has 3 nitrogen and oxygen atoms in total. The summed E-state index contributed by atoms with van der Waals surface area (Å²) >= 11 is 0. The number of amidine groups is 1. The van der Waals surface area contributed by atoms with Gasteiger partial charge in [-0.25, -0.2) is 4.39 Å². The molecule has 0 aromatic heterocycles. The molecule has 92 valence electrons. The molecule has 0 bridgehead atoms. The Morgan fingerprint density at radius 2 is 1.72 bits per heavy atom. The van der Waals surface area contributed by atoms with Gasteiger partial charge < -0.3 is 10.5 Å². The molecule has 18 heavy (non-hydrogen) atoms. The van der Waals surface area contributed by atoms with Crippen LogP contribution in [0.4, 0.5) is 8.78 Å². The molecule has 0 unspecified atom stereocenters. The maximum absolute atomic E-state index is 13.3. The van der Waals surface area contributed by atoms with Crippen molar-refractivity contribution in [1.29, 1.82) is 5.41 Å². The minimum absolute atomic E-state index is 0.0708. The SMILES string of the molecule is N=C(N)c1ccc(Oc2cccc(F)c2F)cc1. The van der Waals surface area contributed by atoms with Crippen molar-refractivity contribution < 1.29 is 13.5 Å². The van der Waals surface area contributed by atoms with Gasteiger partial charge in [-0.15, -0.1) is 0 Å². The fraction of sp³-hybridized carbons (Fsp3) is 0. The molecule has 3 N–H and O–H groups in total. The summed E-state index contributed by atoms with van der Waals surface area (Å²) in [7, 11) is 0. The van der Waals surface area contributed by atoms with Crippen LogP contribution >= 0.6 is 0 Å². The number of hydrogen-bond acceptors (Lipinski definition) is 2. The first kappa shape index (κ1) is 12.0. The van der Waals surface area contributed by atoms with Gasteiger partial charge >= 0.3 is 0 Å². The Labute approximate surface area is 102 Å². The van der Waals surface area contributed by atoms with Gasteiger partial charge in [-0.3, -0.25) is 5.41 Å². The Bertz CT molecular complexity index is 582. The number of rotatable bonds is 3. The van der Waals surface area contributed by atoms with Gasteiger partial charge in [-0.05, 0) is 36.4 Å². The van der Waals surface area contributed by atoms with Crippen molar-refractivity contribution in [3.63, 3.8) is 0 Å². The predicted molar refractivity (Wildman–Crippen MR) is 63.9 cm³/mol. The highest BCUT2D eigenvalue weighted by Gasteiger charge is 2.09. The van der Waals surface area contributed by atoms with E-state index in [2.05, 4.69) is 0 Å². The summed E-state index contributed by atoms with van der Waals surface area (Å²) in [6.45, 7) is 0. The van der Waals surface area contributed by atoms with Crippen LogP contribution < -0.4 is 10.5 Å². The molecule has 0 aliphatic heterocycles. The smallest absolute Gasteiger partial charge is 0.201 e. The molecule has 2 aromatic carbocycles. The van der Waals surface area contributed by atoms with E-state index in [-0.39, 0.29) is 11.6 Å². The maximum Gasteiger partial charge on any atom is 0.201 e. The van der Waals surface area contributed by atoms with Gasteiger partial charge in [0.1, 0.15) is 11.6 Å². The highest BCUT2D eigenvalue weighted by Crippen LogP contribution is 2.25. The minimum Gasteiger partial charge on any atom is -0.454 e. The average Bonchev–Trinajstić information content (AvgIpc) is 2.36. The van der Waals surface area contributed by atoms with Crippen LogP contribution in [-0.4, -0.2) is 5.84 Å². The van der Waals surface area contributed by atoms with Crippen LogP contribution in [0.3, 0.4) is 0 Å². The van der Waals surface area contributed by atoms with E-state index < -0.39 is 11.6 Å². The second-order valence-electron chi connectivity index (χ2n) is 3.59. The molecule has 2 aromatic rings. The molecule has 0 saturated heterocycles. The number of hydrogen-bond donors (Lipinski definition) is 2. The van der Waals surface area contributed by atoms with Gasteiger partial charge in [0.25, 0.3) is 0 Å². The fourth-order valence-electron chi connectivity index (χ4n) is 1.39. The van der Waals surface area contributed by atoms with Crippen molar-refractivity contribution in [3.8, 4) is 11.5 Å². The predicted octanol–water partition coefficient (Wildman–Crippen LogP) is 3.04.